The molecule has 0 amide bonds. The molecule has 0 aliphatic carbocycles. The van der Waals surface area contributed by atoms with Crippen LogP contribution in [0.15, 0.2) is 42.5 Å². The van der Waals surface area contributed by atoms with E-state index in [1.54, 1.807) is 24.3 Å². The van der Waals surface area contributed by atoms with E-state index in [1.807, 2.05) is 0 Å². The number of hydrogen-bond acceptors (Lipinski definition) is 2. The van der Waals surface area contributed by atoms with Crippen molar-refractivity contribution in [1.82, 2.24) is 0 Å². The number of benzene rings is 2. The minimum absolute atomic E-state index is 0.143. The Morgan fingerprint density at radius 3 is 2.21 bits per heavy atom. The van der Waals surface area contributed by atoms with Crippen LogP contribution in [-0.4, -0.2) is 11.7 Å². The lowest BCUT2D eigenvalue weighted by atomic mass is 10.1. The molecule has 2 N–H and O–H groups in total. The lowest BCUT2D eigenvalue weighted by Gasteiger charge is -2.13. The number of rotatable bonds is 4. The molecular weight excluding hydrogens is 272 g/mol. The van der Waals surface area contributed by atoms with Gasteiger partial charge in [-0.1, -0.05) is 23.7 Å². The molecule has 0 fully saturated rings. The van der Waals surface area contributed by atoms with Gasteiger partial charge in [-0.05, 0) is 29.8 Å². The summed E-state index contributed by atoms with van der Waals surface area (Å²) in [5, 5.41) is 13.3. The molecule has 0 radical (unpaired) electrons. The Balaban J connectivity index is 1.99. The van der Waals surface area contributed by atoms with Crippen LogP contribution in [0.4, 0.5) is 14.5 Å². The van der Waals surface area contributed by atoms with E-state index in [2.05, 4.69) is 5.32 Å². The molecule has 19 heavy (non-hydrogen) atoms. The van der Waals surface area contributed by atoms with Crippen molar-refractivity contribution in [2.45, 2.75) is 6.10 Å². The third kappa shape index (κ3) is 3.91. The van der Waals surface area contributed by atoms with Gasteiger partial charge in [0.25, 0.3) is 0 Å². The summed E-state index contributed by atoms with van der Waals surface area (Å²) in [6.45, 7) is 0.143. The van der Waals surface area contributed by atoms with Crippen molar-refractivity contribution in [1.29, 1.82) is 0 Å². The fourth-order valence-corrected chi connectivity index (χ4v) is 1.80. The van der Waals surface area contributed by atoms with Crippen LogP contribution in [0.3, 0.4) is 0 Å². The Morgan fingerprint density at radius 1 is 1.05 bits per heavy atom. The third-order valence-electron chi connectivity index (χ3n) is 2.62. The molecule has 2 nitrogen and oxygen atoms in total. The van der Waals surface area contributed by atoms with E-state index in [0.29, 0.717) is 10.6 Å². The van der Waals surface area contributed by atoms with Crippen LogP contribution in [0.1, 0.15) is 11.7 Å². The predicted octanol–water partition coefficient (Wildman–Crippen LogP) is 3.76. The SMILES string of the molecule is OC(CNc1cc(F)cc(F)c1)c1ccc(Cl)cc1. The minimum atomic E-state index is -0.788. The molecule has 0 aliphatic rings. The zero-order valence-electron chi connectivity index (χ0n) is 9.91. The summed E-state index contributed by atoms with van der Waals surface area (Å²) in [7, 11) is 0. The Morgan fingerprint density at radius 2 is 1.63 bits per heavy atom. The van der Waals surface area contributed by atoms with Crippen LogP contribution in [0.2, 0.25) is 5.02 Å². The monoisotopic (exact) mass is 283 g/mol. The summed E-state index contributed by atoms with van der Waals surface area (Å²) in [6.07, 6.45) is -0.788. The van der Waals surface area contributed by atoms with Crippen LogP contribution < -0.4 is 5.32 Å². The fourth-order valence-electron chi connectivity index (χ4n) is 1.67. The van der Waals surface area contributed by atoms with Crippen molar-refractivity contribution in [3.63, 3.8) is 0 Å². The number of nitrogens with one attached hydrogen (secondary N) is 1. The van der Waals surface area contributed by atoms with E-state index in [4.69, 9.17) is 11.6 Å². The van der Waals surface area contributed by atoms with E-state index in [1.165, 1.54) is 0 Å². The smallest absolute Gasteiger partial charge is 0.128 e. The maximum atomic E-state index is 13.0. The summed E-state index contributed by atoms with van der Waals surface area (Å²) < 4.78 is 25.9. The summed E-state index contributed by atoms with van der Waals surface area (Å²) in [5.74, 6) is -1.33. The topological polar surface area (TPSA) is 32.3 Å². The first kappa shape index (κ1) is 13.8. The molecule has 0 saturated carbocycles. The van der Waals surface area contributed by atoms with Crippen molar-refractivity contribution >= 4 is 17.3 Å². The number of aliphatic hydroxyl groups excluding tert-OH is 1. The summed E-state index contributed by atoms with van der Waals surface area (Å²) in [5.41, 5.74) is 0.958. The second-order valence-corrected chi connectivity index (χ2v) is 4.54. The number of aliphatic hydroxyl groups is 1. The van der Waals surface area contributed by atoms with Crippen molar-refractivity contribution in [2.75, 3.05) is 11.9 Å². The van der Waals surface area contributed by atoms with Gasteiger partial charge in [-0.3, -0.25) is 0 Å². The molecule has 0 bridgehead atoms. The Kier molecular flexibility index (Phi) is 4.35. The fraction of sp³-hybridized carbons (Fsp3) is 0.143. The Hall–Kier alpha value is -1.65. The molecule has 100 valence electrons. The highest BCUT2D eigenvalue weighted by Gasteiger charge is 2.08. The molecule has 0 saturated heterocycles. The van der Waals surface area contributed by atoms with E-state index in [9.17, 15) is 13.9 Å². The van der Waals surface area contributed by atoms with Crippen molar-refractivity contribution in [3.8, 4) is 0 Å². The third-order valence-corrected chi connectivity index (χ3v) is 2.87. The standard InChI is InChI=1S/C14H12ClF2NO/c15-10-3-1-9(2-4-10)14(19)8-18-13-6-11(16)5-12(17)7-13/h1-7,14,18-19H,8H2. The zero-order valence-corrected chi connectivity index (χ0v) is 10.7. The van der Waals surface area contributed by atoms with Gasteiger partial charge in [0.15, 0.2) is 0 Å². The lowest BCUT2D eigenvalue weighted by molar-refractivity contribution is 0.191. The van der Waals surface area contributed by atoms with Gasteiger partial charge in [-0.15, -0.1) is 0 Å². The largest absolute Gasteiger partial charge is 0.387 e. The van der Waals surface area contributed by atoms with Crippen LogP contribution in [0.25, 0.3) is 0 Å². The van der Waals surface area contributed by atoms with Crippen molar-refractivity contribution in [3.05, 3.63) is 64.7 Å². The molecule has 0 heterocycles. The van der Waals surface area contributed by atoms with Gasteiger partial charge in [-0.25, -0.2) is 8.78 Å². The van der Waals surface area contributed by atoms with E-state index >= 15 is 0 Å². The van der Waals surface area contributed by atoms with Gasteiger partial charge >= 0.3 is 0 Å². The van der Waals surface area contributed by atoms with Crippen LogP contribution in [0.5, 0.6) is 0 Å². The summed E-state index contributed by atoms with van der Waals surface area (Å²) in [4.78, 5) is 0. The molecule has 2 aromatic carbocycles. The maximum Gasteiger partial charge on any atom is 0.128 e. The first-order valence-electron chi connectivity index (χ1n) is 5.68. The predicted molar refractivity (Wildman–Crippen MR) is 71.3 cm³/mol. The molecule has 2 aromatic rings. The highest BCUT2D eigenvalue weighted by molar-refractivity contribution is 6.30. The maximum absolute atomic E-state index is 13.0. The molecular formula is C14H12ClF2NO. The van der Waals surface area contributed by atoms with E-state index in [0.717, 1.165) is 18.2 Å². The average molecular weight is 284 g/mol. The molecule has 5 heteroatoms. The lowest BCUT2D eigenvalue weighted by Crippen LogP contribution is -2.12. The van der Waals surface area contributed by atoms with Gasteiger partial charge in [0.1, 0.15) is 11.6 Å². The molecule has 1 atom stereocenters. The molecule has 2 rings (SSSR count). The van der Waals surface area contributed by atoms with Gasteiger partial charge in [0.05, 0.1) is 6.10 Å². The van der Waals surface area contributed by atoms with Crippen molar-refractivity contribution in [2.24, 2.45) is 0 Å². The Labute approximate surface area is 114 Å². The van der Waals surface area contributed by atoms with Gasteiger partial charge in [0, 0.05) is 23.3 Å². The Bertz CT molecular complexity index is 540. The molecule has 1 unspecified atom stereocenters. The van der Waals surface area contributed by atoms with E-state index in [-0.39, 0.29) is 12.2 Å². The zero-order chi connectivity index (χ0) is 13.8. The number of halogens is 3. The average Bonchev–Trinajstić information content (AvgIpc) is 2.36. The molecule has 0 spiro atoms. The first-order valence-corrected chi connectivity index (χ1v) is 6.06. The highest BCUT2D eigenvalue weighted by Crippen LogP contribution is 2.18. The molecule has 0 aromatic heterocycles. The van der Waals surface area contributed by atoms with Gasteiger partial charge in [0.2, 0.25) is 0 Å². The first-order chi connectivity index (χ1) is 9.04. The number of hydrogen-bond donors (Lipinski definition) is 2. The van der Waals surface area contributed by atoms with Crippen LogP contribution >= 0.6 is 11.6 Å². The highest BCUT2D eigenvalue weighted by atomic mass is 35.5. The quantitative estimate of drug-likeness (QED) is 0.895. The minimum Gasteiger partial charge on any atom is -0.387 e. The van der Waals surface area contributed by atoms with Crippen LogP contribution in [-0.2, 0) is 0 Å². The van der Waals surface area contributed by atoms with Gasteiger partial charge < -0.3 is 10.4 Å². The molecule has 0 aliphatic heterocycles. The summed E-state index contributed by atoms with van der Waals surface area (Å²) in [6, 6.07) is 9.85. The second-order valence-electron chi connectivity index (χ2n) is 4.11. The number of anilines is 1. The van der Waals surface area contributed by atoms with Gasteiger partial charge in [-0.2, -0.15) is 0 Å². The van der Waals surface area contributed by atoms with Crippen molar-refractivity contribution < 1.29 is 13.9 Å². The summed E-state index contributed by atoms with van der Waals surface area (Å²) >= 11 is 5.74. The second kappa shape index (κ2) is 5.99. The van der Waals surface area contributed by atoms with Crippen LogP contribution in [0, 0.1) is 11.6 Å². The normalized spacial score (nSPS) is 12.2. The van der Waals surface area contributed by atoms with E-state index < -0.39 is 17.7 Å².